The number of fused-ring (bicyclic) bond motifs is 1. The van der Waals surface area contributed by atoms with Gasteiger partial charge in [0, 0.05) is 35.6 Å². The van der Waals surface area contributed by atoms with E-state index < -0.39 is 11.9 Å². The molecule has 0 amide bonds. The maximum Gasteiger partial charge on any atom is 0.433 e. The van der Waals surface area contributed by atoms with Crippen molar-refractivity contribution in [2.45, 2.75) is 6.18 Å². The van der Waals surface area contributed by atoms with E-state index >= 15 is 0 Å². The molecule has 0 radical (unpaired) electrons. The molecule has 134 valence electrons. The molecule has 3 heterocycles. The first-order valence-electron chi connectivity index (χ1n) is 7.88. The van der Waals surface area contributed by atoms with Crippen LogP contribution in [-0.2, 0) is 6.18 Å². The van der Waals surface area contributed by atoms with Crippen LogP contribution in [0.15, 0.2) is 67.1 Å². The van der Waals surface area contributed by atoms with Crippen LogP contribution in [0.4, 0.5) is 13.2 Å². The first-order valence-corrected chi connectivity index (χ1v) is 7.88. The lowest BCUT2D eigenvalue weighted by Crippen LogP contribution is -2.10. The van der Waals surface area contributed by atoms with Gasteiger partial charge in [-0.15, -0.1) is 0 Å². The van der Waals surface area contributed by atoms with Gasteiger partial charge in [-0.25, -0.2) is 4.98 Å². The van der Waals surface area contributed by atoms with Crippen molar-refractivity contribution in [3.05, 3.63) is 72.8 Å². The first kappa shape index (κ1) is 16.9. The zero-order valence-electron chi connectivity index (χ0n) is 13.7. The molecule has 8 heteroatoms. The summed E-state index contributed by atoms with van der Waals surface area (Å²) in [5.41, 5.74) is 0.0754. The van der Waals surface area contributed by atoms with Crippen molar-refractivity contribution < 1.29 is 17.9 Å². The Morgan fingerprint density at radius 1 is 0.852 bits per heavy atom. The standard InChI is InChI=1S/C19H11F3N4O/c20-19(21,22)16-11-17(26-18(25-16)12-5-8-23-9-6-12)27-14-3-4-15-13(10-14)2-1-7-24-15/h1-11H. The van der Waals surface area contributed by atoms with Gasteiger partial charge >= 0.3 is 6.18 Å². The Kier molecular flexibility index (Phi) is 4.15. The van der Waals surface area contributed by atoms with Crippen LogP contribution in [0.1, 0.15) is 5.69 Å². The highest BCUT2D eigenvalue weighted by Crippen LogP contribution is 2.33. The minimum Gasteiger partial charge on any atom is -0.439 e. The number of aromatic nitrogens is 4. The van der Waals surface area contributed by atoms with Crippen LogP contribution in [0, 0.1) is 0 Å². The second-order valence-corrected chi connectivity index (χ2v) is 5.61. The van der Waals surface area contributed by atoms with Crippen molar-refractivity contribution in [2.24, 2.45) is 0 Å². The van der Waals surface area contributed by atoms with E-state index in [1.54, 1.807) is 30.5 Å². The SMILES string of the molecule is FC(F)(F)c1cc(Oc2ccc3ncccc3c2)nc(-c2ccncc2)n1. The lowest BCUT2D eigenvalue weighted by molar-refractivity contribution is -0.141. The molecule has 5 nitrogen and oxygen atoms in total. The zero-order chi connectivity index (χ0) is 18.9. The van der Waals surface area contributed by atoms with Crippen LogP contribution < -0.4 is 4.74 Å². The second-order valence-electron chi connectivity index (χ2n) is 5.61. The second kappa shape index (κ2) is 6.64. The van der Waals surface area contributed by atoms with E-state index in [4.69, 9.17) is 4.74 Å². The lowest BCUT2D eigenvalue weighted by atomic mass is 10.2. The Labute approximate surface area is 151 Å². The van der Waals surface area contributed by atoms with Gasteiger partial charge in [0.1, 0.15) is 5.75 Å². The largest absolute Gasteiger partial charge is 0.439 e. The summed E-state index contributed by atoms with van der Waals surface area (Å²) in [5, 5.41) is 0.800. The topological polar surface area (TPSA) is 60.8 Å². The quantitative estimate of drug-likeness (QED) is 0.515. The van der Waals surface area contributed by atoms with Crippen LogP contribution in [0.3, 0.4) is 0 Å². The van der Waals surface area contributed by atoms with Crippen LogP contribution in [0.5, 0.6) is 11.6 Å². The molecule has 0 unspecified atom stereocenters. The molecule has 27 heavy (non-hydrogen) atoms. The van der Waals surface area contributed by atoms with Crippen LogP contribution in [-0.4, -0.2) is 19.9 Å². The van der Waals surface area contributed by atoms with Crippen molar-refractivity contribution in [2.75, 3.05) is 0 Å². The summed E-state index contributed by atoms with van der Waals surface area (Å²) in [6, 6.07) is 12.5. The highest BCUT2D eigenvalue weighted by molar-refractivity contribution is 5.79. The number of nitrogens with zero attached hydrogens (tertiary/aromatic N) is 4. The zero-order valence-corrected chi connectivity index (χ0v) is 13.7. The number of pyridine rings is 2. The number of benzene rings is 1. The molecule has 4 aromatic rings. The molecule has 0 atom stereocenters. The third-order valence-electron chi connectivity index (χ3n) is 3.73. The average molecular weight is 368 g/mol. The summed E-state index contributed by atoms with van der Waals surface area (Å²) < 4.78 is 45.3. The van der Waals surface area contributed by atoms with E-state index in [0.717, 1.165) is 17.0 Å². The number of alkyl halides is 3. The summed E-state index contributed by atoms with van der Waals surface area (Å²) in [7, 11) is 0. The summed E-state index contributed by atoms with van der Waals surface area (Å²) in [5.74, 6) is 0.0556. The Morgan fingerprint density at radius 2 is 1.67 bits per heavy atom. The molecule has 0 aliphatic carbocycles. The first-order chi connectivity index (χ1) is 13.0. The van der Waals surface area contributed by atoms with E-state index in [1.807, 2.05) is 6.07 Å². The molecular weight excluding hydrogens is 357 g/mol. The van der Waals surface area contributed by atoms with Crippen molar-refractivity contribution in [1.82, 2.24) is 19.9 Å². The Bertz CT molecular complexity index is 1100. The molecule has 0 saturated heterocycles. The minimum atomic E-state index is -4.63. The van der Waals surface area contributed by atoms with Crippen LogP contribution >= 0.6 is 0 Å². The average Bonchev–Trinajstić information content (AvgIpc) is 2.68. The molecule has 3 aromatic heterocycles. The smallest absolute Gasteiger partial charge is 0.433 e. The van der Waals surface area contributed by atoms with Gasteiger partial charge in [-0.05, 0) is 36.4 Å². The monoisotopic (exact) mass is 368 g/mol. The summed E-state index contributed by atoms with van der Waals surface area (Å²) in [6.07, 6.45) is -0.0638. The van der Waals surface area contributed by atoms with Gasteiger partial charge in [-0.2, -0.15) is 18.2 Å². The number of halogens is 3. The summed E-state index contributed by atoms with van der Waals surface area (Å²) in [4.78, 5) is 15.8. The molecule has 0 spiro atoms. The predicted octanol–water partition coefficient (Wildman–Crippen LogP) is 4.90. The number of hydrogen-bond acceptors (Lipinski definition) is 5. The van der Waals surface area contributed by atoms with E-state index in [2.05, 4.69) is 19.9 Å². The van der Waals surface area contributed by atoms with Crippen molar-refractivity contribution >= 4 is 10.9 Å². The molecule has 0 aliphatic heterocycles. The van der Waals surface area contributed by atoms with Gasteiger partial charge < -0.3 is 4.74 Å². The van der Waals surface area contributed by atoms with Crippen LogP contribution in [0.2, 0.25) is 0 Å². The number of rotatable bonds is 3. The minimum absolute atomic E-state index is 0.0929. The fraction of sp³-hybridized carbons (Fsp3) is 0.0526. The molecule has 0 fully saturated rings. The maximum atomic E-state index is 13.2. The maximum absolute atomic E-state index is 13.2. The van der Waals surface area contributed by atoms with E-state index in [9.17, 15) is 13.2 Å². The fourth-order valence-electron chi connectivity index (χ4n) is 2.49. The predicted molar refractivity (Wildman–Crippen MR) is 92.1 cm³/mol. The molecular formula is C19H11F3N4O. The molecule has 0 saturated carbocycles. The van der Waals surface area contributed by atoms with Crippen molar-refractivity contribution in [3.63, 3.8) is 0 Å². The van der Waals surface area contributed by atoms with Gasteiger partial charge in [-0.3, -0.25) is 9.97 Å². The highest BCUT2D eigenvalue weighted by Gasteiger charge is 2.34. The Balaban J connectivity index is 1.76. The number of hydrogen-bond donors (Lipinski definition) is 0. The Hall–Kier alpha value is -3.55. The van der Waals surface area contributed by atoms with E-state index in [0.29, 0.717) is 11.3 Å². The van der Waals surface area contributed by atoms with Gasteiger partial charge in [0.25, 0.3) is 0 Å². The van der Waals surface area contributed by atoms with Crippen LogP contribution in [0.25, 0.3) is 22.3 Å². The van der Waals surface area contributed by atoms with Gasteiger partial charge in [-0.1, -0.05) is 6.07 Å². The van der Waals surface area contributed by atoms with Gasteiger partial charge in [0.2, 0.25) is 5.88 Å². The molecule has 4 rings (SSSR count). The molecule has 1 aromatic carbocycles. The molecule has 0 aliphatic rings. The third-order valence-corrected chi connectivity index (χ3v) is 3.73. The van der Waals surface area contributed by atoms with Crippen molar-refractivity contribution in [1.29, 1.82) is 0 Å². The molecule has 0 N–H and O–H groups in total. The van der Waals surface area contributed by atoms with E-state index in [-0.39, 0.29) is 11.7 Å². The fourth-order valence-corrected chi connectivity index (χ4v) is 2.49. The normalized spacial score (nSPS) is 11.5. The lowest BCUT2D eigenvalue weighted by Gasteiger charge is -2.11. The third kappa shape index (κ3) is 3.69. The number of ether oxygens (including phenoxy) is 1. The Morgan fingerprint density at radius 3 is 2.44 bits per heavy atom. The highest BCUT2D eigenvalue weighted by atomic mass is 19.4. The summed E-state index contributed by atoms with van der Waals surface area (Å²) in [6.45, 7) is 0. The summed E-state index contributed by atoms with van der Waals surface area (Å²) >= 11 is 0. The molecule has 0 bridgehead atoms. The van der Waals surface area contributed by atoms with Gasteiger partial charge in [0.15, 0.2) is 11.5 Å². The van der Waals surface area contributed by atoms with Gasteiger partial charge in [0.05, 0.1) is 5.52 Å². The van der Waals surface area contributed by atoms with Crippen molar-refractivity contribution in [3.8, 4) is 23.0 Å². The van der Waals surface area contributed by atoms with E-state index in [1.165, 1.54) is 24.5 Å².